The number of ether oxygens (including phenoxy) is 1. The first-order valence-electron chi connectivity index (χ1n) is 7.59. The van der Waals surface area contributed by atoms with Gasteiger partial charge in [0, 0.05) is 13.1 Å². The van der Waals surface area contributed by atoms with Crippen LogP contribution in [0.4, 0.5) is 5.69 Å². The molecule has 0 aromatic heterocycles. The predicted molar refractivity (Wildman–Crippen MR) is 76.8 cm³/mol. The van der Waals surface area contributed by atoms with Gasteiger partial charge >= 0.3 is 0 Å². The summed E-state index contributed by atoms with van der Waals surface area (Å²) in [6.45, 7) is 2.44. The van der Waals surface area contributed by atoms with Gasteiger partial charge in [-0.1, -0.05) is 18.6 Å². The lowest BCUT2D eigenvalue weighted by atomic mass is 10.0. The van der Waals surface area contributed by atoms with Crippen molar-refractivity contribution in [1.29, 1.82) is 0 Å². The van der Waals surface area contributed by atoms with Crippen LogP contribution in [0.1, 0.15) is 19.3 Å². The Morgan fingerprint density at radius 1 is 1.20 bits per heavy atom. The number of para-hydroxylation sites is 2. The standard InChI is InChI=1S/C16H20N2O2/c19-16(18-9-11-4-3-5-12(11)10-18)15-8-17-13-6-1-2-7-14(13)20-15/h1-2,6-7,11-12,15,17H,3-5,8-10H2. The zero-order chi connectivity index (χ0) is 13.5. The Balaban J connectivity index is 1.45. The fraction of sp³-hybridized carbons (Fsp3) is 0.562. The number of anilines is 1. The highest BCUT2D eigenvalue weighted by Gasteiger charge is 2.40. The molecular weight excluding hydrogens is 252 g/mol. The summed E-state index contributed by atoms with van der Waals surface area (Å²) in [5, 5.41) is 3.29. The van der Waals surface area contributed by atoms with E-state index in [1.807, 2.05) is 29.2 Å². The molecule has 1 amide bonds. The third-order valence-corrected chi connectivity index (χ3v) is 4.95. The van der Waals surface area contributed by atoms with Gasteiger partial charge in [0.25, 0.3) is 5.91 Å². The minimum Gasteiger partial charge on any atom is -0.477 e. The molecule has 1 N–H and O–H groups in total. The smallest absolute Gasteiger partial charge is 0.265 e. The van der Waals surface area contributed by atoms with Crippen molar-refractivity contribution in [2.75, 3.05) is 25.0 Å². The third-order valence-electron chi connectivity index (χ3n) is 4.95. The molecule has 3 atom stereocenters. The van der Waals surface area contributed by atoms with Crippen molar-refractivity contribution in [3.05, 3.63) is 24.3 Å². The zero-order valence-corrected chi connectivity index (χ0v) is 11.5. The molecule has 106 valence electrons. The van der Waals surface area contributed by atoms with Crippen LogP contribution in [-0.2, 0) is 4.79 Å². The number of amides is 1. The Labute approximate surface area is 119 Å². The van der Waals surface area contributed by atoms with E-state index in [1.165, 1.54) is 19.3 Å². The summed E-state index contributed by atoms with van der Waals surface area (Å²) in [6.07, 6.45) is 3.55. The average Bonchev–Trinajstić information content (AvgIpc) is 3.07. The van der Waals surface area contributed by atoms with Crippen LogP contribution < -0.4 is 10.1 Å². The molecule has 1 aliphatic carbocycles. The number of nitrogens with one attached hydrogen (secondary N) is 1. The summed E-state index contributed by atoms with van der Waals surface area (Å²) in [7, 11) is 0. The van der Waals surface area contributed by atoms with Gasteiger partial charge in [-0.05, 0) is 36.8 Å². The quantitative estimate of drug-likeness (QED) is 0.851. The van der Waals surface area contributed by atoms with Crippen LogP contribution in [0, 0.1) is 11.8 Å². The molecule has 1 saturated carbocycles. The highest BCUT2D eigenvalue weighted by molar-refractivity contribution is 5.83. The maximum Gasteiger partial charge on any atom is 0.265 e. The van der Waals surface area contributed by atoms with Gasteiger partial charge in [0.1, 0.15) is 5.75 Å². The lowest BCUT2D eigenvalue weighted by molar-refractivity contribution is -0.137. The fourth-order valence-corrected chi connectivity index (χ4v) is 3.87. The van der Waals surface area contributed by atoms with Crippen molar-refractivity contribution >= 4 is 11.6 Å². The van der Waals surface area contributed by atoms with Crippen molar-refractivity contribution in [2.45, 2.75) is 25.4 Å². The number of hydrogen-bond donors (Lipinski definition) is 1. The lowest BCUT2D eigenvalue weighted by Crippen LogP contribution is -2.46. The summed E-state index contributed by atoms with van der Waals surface area (Å²) in [5.41, 5.74) is 0.981. The summed E-state index contributed by atoms with van der Waals surface area (Å²) < 4.78 is 5.87. The zero-order valence-electron chi connectivity index (χ0n) is 11.5. The summed E-state index contributed by atoms with van der Waals surface area (Å²) >= 11 is 0. The first kappa shape index (κ1) is 12.1. The Bertz CT molecular complexity index is 519. The van der Waals surface area contributed by atoms with E-state index in [2.05, 4.69) is 5.32 Å². The van der Waals surface area contributed by atoms with Crippen molar-refractivity contribution in [3.63, 3.8) is 0 Å². The Morgan fingerprint density at radius 3 is 2.75 bits per heavy atom. The largest absolute Gasteiger partial charge is 0.477 e. The number of nitrogens with zero attached hydrogens (tertiary/aromatic N) is 1. The average molecular weight is 272 g/mol. The van der Waals surface area contributed by atoms with Gasteiger partial charge in [-0.25, -0.2) is 0 Å². The Morgan fingerprint density at radius 2 is 1.95 bits per heavy atom. The van der Waals surface area contributed by atoms with E-state index in [0.29, 0.717) is 6.54 Å². The number of carbonyl (C=O) groups is 1. The molecule has 1 saturated heterocycles. The maximum atomic E-state index is 12.6. The molecule has 0 spiro atoms. The lowest BCUT2D eigenvalue weighted by Gasteiger charge is -2.29. The highest BCUT2D eigenvalue weighted by Crippen LogP contribution is 2.38. The van der Waals surface area contributed by atoms with Gasteiger partial charge in [0.2, 0.25) is 0 Å². The molecule has 2 aliphatic heterocycles. The molecule has 1 aromatic carbocycles. The van der Waals surface area contributed by atoms with Crippen LogP contribution >= 0.6 is 0 Å². The summed E-state index contributed by atoms with van der Waals surface area (Å²) in [5.74, 6) is 2.42. The molecule has 3 aliphatic rings. The topological polar surface area (TPSA) is 41.6 Å². The molecule has 4 rings (SSSR count). The van der Waals surface area contributed by atoms with E-state index in [9.17, 15) is 4.79 Å². The molecule has 2 fully saturated rings. The van der Waals surface area contributed by atoms with Crippen molar-refractivity contribution in [3.8, 4) is 5.75 Å². The van der Waals surface area contributed by atoms with Crippen LogP contribution in [0.15, 0.2) is 24.3 Å². The number of rotatable bonds is 1. The fourth-order valence-electron chi connectivity index (χ4n) is 3.87. The monoisotopic (exact) mass is 272 g/mol. The second-order valence-corrected chi connectivity index (χ2v) is 6.18. The molecule has 1 aromatic rings. The van der Waals surface area contributed by atoms with Gasteiger partial charge in [-0.15, -0.1) is 0 Å². The van der Waals surface area contributed by atoms with Crippen molar-refractivity contribution in [1.82, 2.24) is 4.90 Å². The SMILES string of the molecule is O=C(C1CNc2ccccc2O1)N1CC2CCCC2C1. The first-order valence-corrected chi connectivity index (χ1v) is 7.59. The minimum atomic E-state index is -0.372. The third kappa shape index (κ3) is 1.94. The van der Waals surface area contributed by atoms with Gasteiger partial charge in [-0.2, -0.15) is 0 Å². The molecule has 2 heterocycles. The van der Waals surface area contributed by atoms with E-state index < -0.39 is 0 Å². The van der Waals surface area contributed by atoms with E-state index in [4.69, 9.17) is 4.74 Å². The number of hydrogen-bond acceptors (Lipinski definition) is 3. The normalized spacial score (nSPS) is 31.2. The van der Waals surface area contributed by atoms with Crippen LogP contribution in [0.25, 0.3) is 0 Å². The number of likely N-dealkylation sites (tertiary alicyclic amines) is 1. The Kier molecular flexibility index (Phi) is 2.83. The van der Waals surface area contributed by atoms with E-state index in [-0.39, 0.29) is 12.0 Å². The molecule has 0 radical (unpaired) electrons. The highest BCUT2D eigenvalue weighted by atomic mass is 16.5. The molecule has 4 heteroatoms. The second kappa shape index (κ2) is 4.69. The van der Waals surface area contributed by atoms with E-state index >= 15 is 0 Å². The molecule has 3 unspecified atom stereocenters. The maximum absolute atomic E-state index is 12.6. The minimum absolute atomic E-state index is 0.154. The second-order valence-electron chi connectivity index (χ2n) is 6.18. The van der Waals surface area contributed by atoms with Gasteiger partial charge < -0.3 is 15.0 Å². The van der Waals surface area contributed by atoms with Gasteiger partial charge in [0.05, 0.1) is 12.2 Å². The van der Waals surface area contributed by atoms with E-state index in [1.54, 1.807) is 0 Å². The van der Waals surface area contributed by atoms with Crippen LogP contribution in [0.3, 0.4) is 0 Å². The number of carbonyl (C=O) groups excluding carboxylic acids is 1. The van der Waals surface area contributed by atoms with Crippen LogP contribution in [-0.4, -0.2) is 36.5 Å². The van der Waals surface area contributed by atoms with Gasteiger partial charge in [0.15, 0.2) is 6.10 Å². The van der Waals surface area contributed by atoms with Gasteiger partial charge in [-0.3, -0.25) is 4.79 Å². The molecule has 0 bridgehead atoms. The molecule has 20 heavy (non-hydrogen) atoms. The summed E-state index contributed by atoms with van der Waals surface area (Å²) in [6, 6.07) is 7.81. The molecule has 4 nitrogen and oxygen atoms in total. The summed E-state index contributed by atoms with van der Waals surface area (Å²) in [4.78, 5) is 14.6. The predicted octanol–water partition coefficient (Wildman–Crippen LogP) is 2.12. The van der Waals surface area contributed by atoms with Crippen molar-refractivity contribution < 1.29 is 9.53 Å². The van der Waals surface area contributed by atoms with Crippen LogP contribution in [0.2, 0.25) is 0 Å². The first-order chi connectivity index (χ1) is 9.81. The van der Waals surface area contributed by atoms with E-state index in [0.717, 1.165) is 36.4 Å². The van der Waals surface area contributed by atoms with Crippen LogP contribution in [0.5, 0.6) is 5.75 Å². The van der Waals surface area contributed by atoms with Crippen molar-refractivity contribution in [2.24, 2.45) is 11.8 Å². The molecular formula is C16H20N2O2. The Hall–Kier alpha value is -1.71. The number of benzene rings is 1. The number of fused-ring (bicyclic) bond motifs is 2.